The summed E-state index contributed by atoms with van der Waals surface area (Å²) in [6, 6.07) is 27.9. The zero-order chi connectivity index (χ0) is 24.6. The van der Waals surface area contributed by atoms with Crippen LogP contribution in [0.1, 0.15) is 61.6 Å². The summed E-state index contributed by atoms with van der Waals surface area (Å²) in [5, 5.41) is 3.19. The van der Waals surface area contributed by atoms with Crippen molar-refractivity contribution in [2.45, 2.75) is 63.6 Å². The number of nitrogens with zero attached hydrogens (tertiary/aromatic N) is 1. The predicted octanol–water partition coefficient (Wildman–Crippen LogP) is 6.45. The Morgan fingerprint density at radius 3 is 2.09 bits per heavy atom. The van der Waals surface area contributed by atoms with E-state index in [1.54, 1.807) is 4.90 Å². The largest absolute Gasteiger partial charge is 0.352 e. The lowest BCUT2D eigenvalue weighted by Crippen LogP contribution is -2.49. The van der Waals surface area contributed by atoms with Gasteiger partial charge in [0, 0.05) is 29.4 Å². The van der Waals surface area contributed by atoms with Crippen LogP contribution in [0.3, 0.4) is 0 Å². The van der Waals surface area contributed by atoms with Crippen LogP contribution in [0.2, 0.25) is 0 Å². The van der Waals surface area contributed by atoms with E-state index in [9.17, 15) is 9.59 Å². The average Bonchev–Trinajstić information content (AvgIpc) is 3.39. The van der Waals surface area contributed by atoms with Crippen molar-refractivity contribution in [1.29, 1.82) is 0 Å². The quantitative estimate of drug-likeness (QED) is 0.344. The molecule has 0 heterocycles. The van der Waals surface area contributed by atoms with Crippen LogP contribution in [0.25, 0.3) is 0 Å². The molecule has 0 aliphatic heterocycles. The van der Waals surface area contributed by atoms with E-state index in [1.807, 2.05) is 67.6 Å². The van der Waals surface area contributed by atoms with E-state index in [-0.39, 0.29) is 23.8 Å². The molecule has 0 saturated heterocycles. The minimum Gasteiger partial charge on any atom is -0.352 e. The van der Waals surface area contributed by atoms with Crippen molar-refractivity contribution in [3.8, 4) is 0 Å². The second-order valence-electron chi connectivity index (χ2n) is 9.40. The molecule has 5 heteroatoms. The molecule has 1 N–H and O–H groups in total. The zero-order valence-electron chi connectivity index (χ0n) is 20.2. The minimum atomic E-state index is -0.561. The van der Waals surface area contributed by atoms with Gasteiger partial charge in [-0.15, -0.1) is 0 Å². The highest BCUT2D eigenvalue weighted by Crippen LogP contribution is 2.29. The molecule has 35 heavy (non-hydrogen) atoms. The lowest BCUT2D eigenvalue weighted by atomic mass is 9.88. The Hall–Kier alpha value is -2.92. The monoisotopic (exact) mass is 532 g/mol. The van der Waals surface area contributed by atoms with E-state index >= 15 is 0 Å². The Balaban J connectivity index is 1.60. The number of benzene rings is 3. The van der Waals surface area contributed by atoms with E-state index in [0.29, 0.717) is 13.0 Å². The molecule has 1 aliphatic rings. The third kappa shape index (κ3) is 6.82. The fraction of sp³-hybridized carbons (Fsp3) is 0.333. The Bertz CT molecular complexity index is 1070. The van der Waals surface area contributed by atoms with Gasteiger partial charge >= 0.3 is 0 Å². The first-order chi connectivity index (χ1) is 17.0. The topological polar surface area (TPSA) is 49.4 Å². The van der Waals surface area contributed by atoms with Gasteiger partial charge in [-0.25, -0.2) is 0 Å². The Morgan fingerprint density at radius 2 is 1.51 bits per heavy atom. The third-order valence-corrected chi connectivity index (χ3v) is 7.39. The van der Waals surface area contributed by atoms with Crippen molar-refractivity contribution >= 4 is 27.7 Å². The highest BCUT2D eigenvalue weighted by atomic mass is 79.9. The summed E-state index contributed by atoms with van der Waals surface area (Å²) in [5.41, 5.74) is 3.18. The highest BCUT2D eigenvalue weighted by molar-refractivity contribution is 9.10. The number of carbonyl (C=O) groups excluding carboxylic acids is 2. The Kier molecular flexibility index (Phi) is 8.75. The van der Waals surface area contributed by atoms with Crippen molar-refractivity contribution in [2.24, 2.45) is 0 Å². The molecule has 0 bridgehead atoms. The minimum absolute atomic E-state index is 0.0308. The first kappa shape index (κ1) is 25.2. The molecule has 1 fully saturated rings. The van der Waals surface area contributed by atoms with Gasteiger partial charge in [0.25, 0.3) is 0 Å². The summed E-state index contributed by atoms with van der Waals surface area (Å²) in [6.45, 7) is 2.23. The molecule has 4 rings (SSSR count). The third-order valence-electron chi connectivity index (χ3n) is 6.89. The molecule has 182 valence electrons. The molecule has 1 atom stereocenters. The predicted molar refractivity (Wildman–Crippen MR) is 144 cm³/mol. The molecule has 0 radical (unpaired) electrons. The second-order valence-corrected chi connectivity index (χ2v) is 10.3. The first-order valence-corrected chi connectivity index (χ1v) is 13.2. The van der Waals surface area contributed by atoms with E-state index in [2.05, 4.69) is 45.5 Å². The summed E-state index contributed by atoms with van der Waals surface area (Å²) < 4.78 is 0.955. The van der Waals surface area contributed by atoms with Crippen molar-refractivity contribution in [3.63, 3.8) is 0 Å². The molecule has 1 aliphatic carbocycles. The molecular formula is C30H33BrN2O2. The van der Waals surface area contributed by atoms with Crippen LogP contribution >= 0.6 is 15.9 Å². The highest BCUT2D eigenvalue weighted by Gasteiger charge is 2.30. The van der Waals surface area contributed by atoms with E-state index in [4.69, 9.17) is 0 Å². The van der Waals surface area contributed by atoms with Crippen molar-refractivity contribution in [1.82, 2.24) is 10.2 Å². The van der Waals surface area contributed by atoms with Gasteiger partial charge in [-0.3, -0.25) is 9.59 Å². The van der Waals surface area contributed by atoms with Crippen LogP contribution in [0, 0.1) is 0 Å². The number of carbonyl (C=O) groups is 2. The maximum atomic E-state index is 13.9. The van der Waals surface area contributed by atoms with Gasteiger partial charge in [0.2, 0.25) is 11.8 Å². The smallest absolute Gasteiger partial charge is 0.242 e. The number of rotatable bonds is 9. The van der Waals surface area contributed by atoms with Gasteiger partial charge in [-0.05, 0) is 48.6 Å². The maximum absolute atomic E-state index is 13.9. The molecule has 4 nitrogen and oxygen atoms in total. The number of halogens is 1. The van der Waals surface area contributed by atoms with Crippen molar-refractivity contribution < 1.29 is 9.59 Å². The average molecular weight is 534 g/mol. The van der Waals surface area contributed by atoms with Crippen LogP contribution in [0.5, 0.6) is 0 Å². The van der Waals surface area contributed by atoms with Gasteiger partial charge < -0.3 is 10.2 Å². The van der Waals surface area contributed by atoms with E-state index < -0.39 is 6.04 Å². The lowest BCUT2D eigenvalue weighted by molar-refractivity contribution is -0.141. The zero-order valence-corrected chi connectivity index (χ0v) is 21.8. The van der Waals surface area contributed by atoms with Gasteiger partial charge in [0.05, 0.1) is 0 Å². The first-order valence-electron chi connectivity index (χ1n) is 12.5. The summed E-state index contributed by atoms with van der Waals surface area (Å²) >= 11 is 3.53. The molecule has 3 aromatic carbocycles. The van der Waals surface area contributed by atoms with Gasteiger partial charge in [0.15, 0.2) is 0 Å². The molecular weight excluding hydrogens is 500 g/mol. The second kappa shape index (κ2) is 12.2. The molecule has 0 aromatic heterocycles. The van der Waals surface area contributed by atoms with Crippen molar-refractivity contribution in [3.05, 3.63) is 106 Å². The number of hydrogen-bond donors (Lipinski definition) is 1. The molecule has 2 amide bonds. The van der Waals surface area contributed by atoms with Crippen LogP contribution in [-0.4, -0.2) is 28.8 Å². The normalized spacial score (nSPS) is 14.6. The fourth-order valence-corrected chi connectivity index (χ4v) is 5.34. The van der Waals surface area contributed by atoms with E-state index in [1.165, 1.54) is 0 Å². The molecule has 0 unspecified atom stereocenters. The van der Waals surface area contributed by atoms with Crippen LogP contribution < -0.4 is 5.32 Å². The standard InChI is InChI=1S/C30H33BrN2O2/c1-22(30(35)32-27-17-8-9-18-27)33(21-23-11-10-16-26(31)19-23)29(34)20-28(24-12-4-2-5-13-24)25-14-6-3-7-15-25/h2-7,10-16,19,22,27-28H,8-9,17-18,20-21H2,1H3,(H,32,35)/t22-/m0/s1. The van der Waals surface area contributed by atoms with Crippen LogP contribution in [0.15, 0.2) is 89.4 Å². The number of nitrogens with one attached hydrogen (secondary N) is 1. The van der Waals surface area contributed by atoms with Gasteiger partial charge in [0.1, 0.15) is 6.04 Å². The maximum Gasteiger partial charge on any atom is 0.242 e. The summed E-state index contributed by atoms with van der Waals surface area (Å²) in [7, 11) is 0. The fourth-order valence-electron chi connectivity index (χ4n) is 4.90. The van der Waals surface area contributed by atoms with Crippen LogP contribution in [0.4, 0.5) is 0 Å². The van der Waals surface area contributed by atoms with E-state index in [0.717, 1.165) is 46.8 Å². The SMILES string of the molecule is C[C@@H](C(=O)NC1CCCC1)N(Cc1cccc(Br)c1)C(=O)CC(c1ccccc1)c1ccccc1. The Labute approximate surface area is 216 Å². The molecule has 0 spiro atoms. The number of amides is 2. The summed E-state index contributed by atoms with van der Waals surface area (Å²) in [4.78, 5) is 28.9. The Morgan fingerprint density at radius 1 is 0.914 bits per heavy atom. The molecule has 3 aromatic rings. The molecule has 1 saturated carbocycles. The van der Waals surface area contributed by atoms with Gasteiger partial charge in [-0.1, -0.05) is 102 Å². The lowest BCUT2D eigenvalue weighted by Gasteiger charge is -2.31. The van der Waals surface area contributed by atoms with Crippen LogP contribution in [-0.2, 0) is 16.1 Å². The summed E-state index contributed by atoms with van der Waals surface area (Å²) in [6.07, 6.45) is 4.62. The number of hydrogen-bond acceptors (Lipinski definition) is 2. The van der Waals surface area contributed by atoms with Crippen molar-refractivity contribution in [2.75, 3.05) is 0 Å². The van der Waals surface area contributed by atoms with Gasteiger partial charge in [-0.2, -0.15) is 0 Å². The summed E-state index contributed by atoms with van der Waals surface area (Å²) in [5.74, 6) is -0.187.